The second kappa shape index (κ2) is 8.86. The van der Waals surface area contributed by atoms with Crippen LogP contribution >= 0.6 is 0 Å². The molecule has 5 N–H and O–H groups in total. The topological polar surface area (TPSA) is 138 Å². The lowest BCUT2D eigenvalue weighted by atomic mass is 10.1. The Morgan fingerprint density at radius 2 is 1.87 bits per heavy atom. The Morgan fingerprint density at radius 3 is 2.48 bits per heavy atom. The number of aromatic nitrogens is 3. The molecule has 0 bridgehead atoms. The van der Waals surface area contributed by atoms with Crippen LogP contribution in [0.3, 0.4) is 0 Å². The molecule has 31 heavy (non-hydrogen) atoms. The van der Waals surface area contributed by atoms with E-state index in [4.69, 9.17) is 16.2 Å². The number of carbonyl (C=O) groups excluding carboxylic acids is 2. The number of alkyl carbamates (subject to hydrolysis) is 1. The number of amides is 2. The highest BCUT2D eigenvalue weighted by molar-refractivity contribution is 6.01. The van der Waals surface area contributed by atoms with E-state index in [0.29, 0.717) is 29.2 Å². The summed E-state index contributed by atoms with van der Waals surface area (Å²) in [6.07, 6.45) is 1.02. The normalized spacial score (nSPS) is 11.2. The molecule has 0 atom stereocenters. The summed E-state index contributed by atoms with van der Waals surface area (Å²) >= 11 is 0. The zero-order chi connectivity index (χ0) is 22.6. The number of nitrogens with one attached hydrogen (secondary N) is 1. The van der Waals surface area contributed by atoms with Crippen molar-refractivity contribution in [3.8, 4) is 22.6 Å². The summed E-state index contributed by atoms with van der Waals surface area (Å²) < 4.78 is 7.18. The van der Waals surface area contributed by atoms with Crippen LogP contribution in [0.4, 0.5) is 10.7 Å². The fourth-order valence-corrected chi connectivity index (χ4v) is 3.19. The molecule has 3 aromatic rings. The van der Waals surface area contributed by atoms with Crippen LogP contribution in [0, 0.1) is 0 Å². The van der Waals surface area contributed by atoms with Crippen molar-refractivity contribution in [2.45, 2.75) is 32.9 Å². The minimum Gasteiger partial charge on any atom is -0.444 e. The van der Waals surface area contributed by atoms with Crippen LogP contribution in [0.25, 0.3) is 22.6 Å². The Balaban J connectivity index is 2.03. The minimum absolute atomic E-state index is 0.110. The average Bonchev–Trinajstić information content (AvgIpc) is 3.07. The summed E-state index contributed by atoms with van der Waals surface area (Å²) in [4.78, 5) is 32.5. The van der Waals surface area contributed by atoms with E-state index in [1.807, 2.05) is 34.9 Å². The number of hydrogen-bond donors (Lipinski definition) is 3. The Bertz CT molecular complexity index is 1090. The van der Waals surface area contributed by atoms with Gasteiger partial charge in [-0.2, -0.15) is 0 Å². The first-order valence-electron chi connectivity index (χ1n) is 9.80. The van der Waals surface area contributed by atoms with Crippen LogP contribution in [-0.2, 0) is 11.3 Å². The summed E-state index contributed by atoms with van der Waals surface area (Å²) in [6.45, 7) is 5.99. The summed E-state index contributed by atoms with van der Waals surface area (Å²) in [6, 6.07) is 12.8. The van der Waals surface area contributed by atoms with Gasteiger partial charge in [-0.05, 0) is 38.5 Å². The molecule has 0 radical (unpaired) electrons. The van der Waals surface area contributed by atoms with Crippen LogP contribution in [0.1, 0.15) is 31.1 Å². The third-order valence-corrected chi connectivity index (χ3v) is 4.35. The van der Waals surface area contributed by atoms with E-state index in [1.165, 1.54) is 0 Å². The Kier molecular flexibility index (Phi) is 6.24. The molecule has 0 saturated carbocycles. The smallest absolute Gasteiger partial charge is 0.407 e. The highest BCUT2D eigenvalue weighted by Gasteiger charge is 2.22. The van der Waals surface area contributed by atoms with Crippen molar-refractivity contribution >= 4 is 17.9 Å². The molecule has 9 nitrogen and oxygen atoms in total. The molecule has 0 unspecified atom stereocenters. The van der Waals surface area contributed by atoms with Crippen molar-refractivity contribution in [3.63, 3.8) is 0 Å². The zero-order valence-corrected chi connectivity index (χ0v) is 17.8. The number of nitrogen functional groups attached to an aromatic ring is 1. The van der Waals surface area contributed by atoms with Gasteiger partial charge in [0.15, 0.2) is 0 Å². The molecule has 2 heterocycles. The predicted molar refractivity (Wildman–Crippen MR) is 118 cm³/mol. The van der Waals surface area contributed by atoms with E-state index >= 15 is 0 Å². The number of hydrogen-bond acceptors (Lipinski definition) is 6. The zero-order valence-electron chi connectivity index (χ0n) is 17.8. The first-order valence-corrected chi connectivity index (χ1v) is 9.80. The Morgan fingerprint density at radius 1 is 1.16 bits per heavy atom. The fraction of sp³-hybridized carbons (Fsp3) is 0.273. The molecule has 0 aliphatic carbocycles. The number of primary amides is 1. The van der Waals surface area contributed by atoms with E-state index in [0.717, 1.165) is 5.56 Å². The van der Waals surface area contributed by atoms with Gasteiger partial charge in [0.1, 0.15) is 5.60 Å². The van der Waals surface area contributed by atoms with Gasteiger partial charge in [0.2, 0.25) is 5.95 Å². The highest BCUT2D eigenvalue weighted by Crippen LogP contribution is 2.32. The van der Waals surface area contributed by atoms with Crippen molar-refractivity contribution < 1.29 is 14.3 Å². The van der Waals surface area contributed by atoms with Crippen molar-refractivity contribution in [1.29, 1.82) is 0 Å². The lowest BCUT2D eigenvalue weighted by Gasteiger charge is -2.20. The molecular formula is C22H26N6O3. The lowest BCUT2D eigenvalue weighted by Crippen LogP contribution is -2.34. The molecule has 2 aromatic heterocycles. The van der Waals surface area contributed by atoms with Gasteiger partial charge in [-0.15, -0.1) is 0 Å². The van der Waals surface area contributed by atoms with E-state index in [-0.39, 0.29) is 12.5 Å². The number of nitrogens with two attached hydrogens (primary N) is 2. The van der Waals surface area contributed by atoms with Gasteiger partial charge < -0.3 is 26.1 Å². The summed E-state index contributed by atoms with van der Waals surface area (Å²) in [7, 11) is 0. The van der Waals surface area contributed by atoms with Gasteiger partial charge in [0.25, 0.3) is 5.91 Å². The molecule has 0 spiro atoms. The molecule has 9 heteroatoms. The van der Waals surface area contributed by atoms with Crippen molar-refractivity contribution in [2.24, 2.45) is 5.73 Å². The van der Waals surface area contributed by atoms with Crippen molar-refractivity contribution in [1.82, 2.24) is 19.9 Å². The van der Waals surface area contributed by atoms with E-state index in [9.17, 15) is 9.59 Å². The highest BCUT2D eigenvalue weighted by atomic mass is 16.6. The number of carbonyl (C=O) groups is 2. The molecule has 2 amide bonds. The van der Waals surface area contributed by atoms with Gasteiger partial charge >= 0.3 is 6.09 Å². The van der Waals surface area contributed by atoms with Gasteiger partial charge in [-0.3, -0.25) is 4.79 Å². The third kappa shape index (κ3) is 5.39. The summed E-state index contributed by atoms with van der Waals surface area (Å²) in [5.74, 6) is -0.458. The SMILES string of the molecule is CC(C)(C)OC(=O)NCCn1c(-c2ccnc(N)n2)cc(C(N)=O)c1-c1ccccc1. The van der Waals surface area contributed by atoms with E-state index in [2.05, 4.69) is 15.3 Å². The first-order chi connectivity index (χ1) is 14.7. The lowest BCUT2D eigenvalue weighted by molar-refractivity contribution is 0.0526. The Labute approximate surface area is 180 Å². The van der Waals surface area contributed by atoms with Crippen molar-refractivity contribution in [2.75, 3.05) is 12.3 Å². The quantitative estimate of drug-likeness (QED) is 0.558. The minimum atomic E-state index is -0.602. The van der Waals surface area contributed by atoms with Gasteiger partial charge in [-0.25, -0.2) is 14.8 Å². The molecular weight excluding hydrogens is 396 g/mol. The fourth-order valence-electron chi connectivity index (χ4n) is 3.19. The first kappa shape index (κ1) is 21.8. The number of benzene rings is 1. The molecule has 0 fully saturated rings. The van der Waals surface area contributed by atoms with Crippen molar-refractivity contribution in [3.05, 3.63) is 54.2 Å². The molecule has 0 saturated heterocycles. The van der Waals surface area contributed by atoms with E-state index < -0.39 is 17.6 Å². The number of anilines is 1. The van der Waals surface area contributed by atoms with Crippen LogP contribution in [0.15, 0.2) is 48.7 Å². The average molecular weight is 422 g/mol. The predicted octanol–water partition coefficient (Wildman–Crippen LogP) is 2.82. The van der Waals surface area contributed by atoms with E-state index in [1.54, 1.807) is 39.1 Å². The van der Waals surface area contributed by atoms with Crippen LogP contribution in [0.2, 0.25) is 0 Å². The maximum absolute atomic E-state index is 12.3. The largest absolute Gasteiger partial charge is 0.444 e. The van der Waals surface area contributed by atoms with Crippen LogP contribution in [-0.4, -0.2) is 38.7 Å². The third-order valence-electron chi connectivity index (χ3n) is 4.35. The molecule has 0 aliphatic heterocycles. The molecule has 3 rings (SSSR count). The van der Waals surface area contributed by atoms with Gasteiger partial charge in [0, 0.05) is 19.3 Å². The number of rotatable bonds is 6. The molecule has 162 valence electrons. The van der Waals surface area contributed by atoms with Crippen LogP contribution in [0.5, 0.6) is 0 Å². The standard InChI is InChI=1S/C22H26N6O3/c1-22(2,3)31-21(30)26-11-12-28-17(16-9-10-25-20(24)27-16)13-15(19(23)29)18(28)14-7-5-4-6-8-14/h4-10,13H,11-12H2,1-3H3,(H2,23,29)(H,26,30)(H2,24,25,27). The molecule has 1 aromatic carbocycles. The number of ether oxygens (including phenoxy) is 1. The monoisotopic (exact) mass is 422 g/mol. The van der Waals surface area contributed by atoms with Crippen LogP contribution < -0.4 is 16.8 Å². The second-order valence-electron chi connectivity index (χ2n) is 7.90. The second-order valence-corrected chi connectivity index (χ2v) is 7.90. The van der Waals surface area contributed by atoms with Gasteiger partial charge in [0.05, 0.1) is 22.6 Å². The summed E-state index contributed by atoms with van der Waals surface area (Å²) in [5.41, 5.74) is 13.8. The maximum Gasteiger partial charge on any atom is 0.407 e. The Hall–Kier alpha value is -3.88. The summed E-state index contributed by atoms with van der Waals surface area (Å²) in [5, 5.41) is 2.74. The maximum atomic E-state index is 12.3. The van der Waals surface area contributed by atoms with Gasteiger partial charge in [-0.1, -0.05) is 30.3 Å². The molecule has 0 aliphatic rings. The number of nitrogens with zero attached hydrogens (tertiary/aromatic N) is 3.